The van der Waals surface area contributed by atoms with Crippen LogP contribution in [0.15, 0.2) is 12.1 Å². The van der Waals surface area contributed by atoms with E-state index in [0.29, 0.717) is 0 Å². The number of hydrogen-bond donors (Lipinski definition) is 1. The second kappa shape index (κ2) is 6.64. The number of benzene rings is 1. The van der Waals surface area contributed by atoms with Gasteiger partial charge in [0, 0.05) is 11.8 Å². The molecule has 9 heteroatoms. The zero-order valence-corrected chi connectivity index (χ0v) is 10.5. The van der Waals surface area contributed by atoms with E-state index in [2.05, 4.69) is 9.47 Å². The minimum atomic E-state index is -3.13. The summed E-state index contributed by atoms with van der Waals surface area (Å²) in [5, 5.41) is 10.9. The van der Waals surface area contributed by atoms with Crippen LogP contribution in [-0.4, -0.2) is 24.1 Å². The Hall–Kier alpha value is -2.45. The van der Waals surface area contributed by atoms with Crippen LogP contribution in [0.1, 0.15) is 12.5 Å². The van der Waals surface area contributed by atoms with Crippen LogP contribution in [0.3, 0.4) is 0 Å². The molecule has 0 aliphatic rings. The van der Waals surface area contributed by atoms with Gasteiger partial charge in [0.05, 0.1) is 29.6 Å². The SMILES string of the molecule is CCOC(=O)Cc1c(N)cc(OC(F)F)cc1[N+](=O)[O-]. The molecule has 0 atom stereocenters. The number of rotatable bonds is 6. The molecule has 0 unspecified atom stereocenters. The van der Waals surface area contributed by atoms with Crippen LogP contribution in [0.4, 0.5) is 20.2 Å². The quantitative estimate of drug-likeness (QED) is 0.371. The van der Waals surface area contributed by atoms with Crippen molar-refractivity contribution in [3.8, 4) is 5.75 Å². The Labute approximate surface area is 112 Å². The van der Waals surface area contributed by atoms with Gasteiger partial charge >= 0.3 is 12.6 Å². The number of halogens is 2. The van der Waals surface area contributed by atoms with Gasteiger partial charge in [0.25, 0.3) is 5.69 Å². The lowest BCUT2D eigenvalue weighted by Crippen LogP contribution is -2.12. The number of alkyl halides is 2. The lowest BCUT2D eigenvalue weighted by Gasteiger charge is -2.10. The first kappa shape index (κ1) is 15.6. The third-order valence-electron chi connectivity index (χ3n) is 2.28. The Balaban J connectivity index is 3.16. The van der Waals surface area contributed by atoms with Gasteiger partial charge in [0.15, 0.2) is 0 Å². The lowest BCUT2D eigenvalue weighted by atomic mass is 10.1. The standard InChI is InChI=1S/C11H12F2N2O5/c1-2-19-10(16)5-7-8(14)3-6(20-11(12)13)4-9(7)15(17)18/h3-4,11H,2,5,14H2,1H3. The molecule has 1 rings (SSSR count). The van der Waals surface area contributed by atoms with Crippen molar-refractivity contribution in [2.45, 2.75) is 20.0 Å². The molecule has 0 aliphatic carbocycles. The van der Waals surface area contributed by atoms with Gasteiger partial charge < -0.3 is 15.2 Å². The molecule has 0 bridgehead atoms. The third-order valence-corrected chi connectivity index (χ3v) is 2.28. The van der Waals surface area contributed by atoms with Crippen LogP contribution in [0, 0.1) is 10.1 Å². The number of nitro benzene ring substituents is 1. The summed E-state index contributed by atoms with van der Waals surface area (Å²) in [5.74, 6) is -1.15. The van der Waals surface area contributed by atoms with Crippen molar-refractivity contribution in [1.29, 1.82) is 0 Å². The van der Waals surface area contributed by atoms with E-state index in [0.717, 1.165) is 12.1 Å². The van der Waals surface area contributed by atoms with Crippen molar-refractivity contribution >= 4 is 17.3 Å². The largest absolute Gasteiger partial charge is 0.466 e. The first-order valence-corrected chi connectivity index (χ1v) is 5.52. The molecule has 0 aromatic heterocycles. The van der Waals surface area contributed by atoms with E-state index in [1.54, 1.807) is 6.92 Å². The van der Waals surface area contributed by atoms with Crippen LogP contribution in [0.25, 0.3) is 0 Å². The number of nitro groups is 1. The molecular weight excluding hydrogens is 278 g/mol. The van der Waals surface area contributed by atoms with E-state index in [1.807, 2.05) is 0 Å². The molecule has 0 amide bonds. The summed E-state index contributed by atoms with van der Waals surface area (Å²) in [7, 11) is 0. The van der Waals surface area contributed by atoms with Crippen LogP contribution in [0.5, 0.6) is 5.75 Å². The smallest absolute Gasteiger partial charge is 0.387 e. The second-order valence-corrected chi connectivity index (χ2v) is 3.63. The topological polar surface area (TPSA) is 105 Å². The Morgan fingerprint density at radius 1 is 1.50 bits per heavy atom. The highest BCUT2D eigenvalue weighted by Gasteiger charge is 2.22. The number of esters is 1. The highest BCUT2D eigenvalue weighted by Crippen LogP contribution is 2.31. The summed E-state index contributed by atoms with van der Waals surface area (Å²) >= 11 is 0. The predicted molar refractivity (Wildman–Crippen MR) is 64.5 cm³/mol. The van der Waals surface area contributed by atoms with Gasteiger partial charge in [0.2, 0.25) is 0 Å². The van der Waals surface area contributed by atoms with Crippen molar-refractivity contribution in [3.63, 3.8) is 0 Å². The molecule has 110 valence electrons. The first-order valence-electron chi connectivity index (χ1n) is 5.52. The van der Waals surface area contributed by atoms with E-state index in [4.69, 9.17) is 5.73 Å². The Morgan fingerprint density at radius 3 is 2.65 bits per heavy atom. The molecular formula is C11H12F2N2O5. The van der Waals surface area contributed by atoms with Crippen LogP contribution >= 0.6 is 0 Å². The van der Waals surface area contributed by atoms with Gasteiger partial charge in [-0.3, -0.25) is 14.9 Å². The number of hydrogen-bond acceptors (Lipinski definition) is 6. The molecule has 0 saturated heterocycles. The van der Waals surface area contributed by atoms with E-state index < -0.39 is 35.4 Å². The molecule has 0 radical (unpaired) electrons. The number of carbonyl (C=O) groups is 1. The zero-order chi connectivity index (χ0) is 15.3. The molecule has 0 heterocycles. The third kappa shape index (κ3) is 4.04. The fourth-order valence-electron chi connectivity index (χ4n) is 1.53. The van der Waals surface area contributed by atoms with Crippen molar-refractivity contribution in [2.24, 2.45) is 0 Å². The fourth-order valence-corrected chi connectivity index (χ4v) is 1.53. The maximum absolute atomic E-state index is 12.1. The minimum absolute atomic E-state index is 0.102. The van der Waals surface area contributed by atoms with Crippen molar-refractivity contribution in [2.75, 3.05) is 12.3 Å². The van der Waals surface area contributed by atoms with Gasteiger partial charge in [-0.05, 0) is 6.92 Å². The molecule has 1 aromatic carbocycles. The minimum Gasteiger partial charge on any atom is -0.466 e. The monoisotopic (exact) mass is 290 g/mol. The Kier molecular flexibility index (Phi) is 5.18. The number of nitrogens with two attached hydrogens (primary N) is 1. The van der Waals surface area contributed by atoms with Crippen molar-refractivity contribution < 1.29 is 28.0 Å². The second-order valence-electron chi connectivity index (χ2n) is 3.63. The van der Waals surface area contributed by atoms with Gasteiger partial charge in [-0.25, -0.2) is 0 Å². The fraction of sp³-hybridized carbons (Fsp3) is 0.364. The normalized spacial score (nSPS) is 10.4. The lowest BCUT2D eigenvalue weighted by molar-refractivity contribution is -0.385. The van der Waals surface area contributed by atoms with Crippen LogP contribution in [0.2, 0.25) is 0 Å². The van der Waals surface area contributed by atoms with Gasteiger partial charge in [-0.1, -0.05) is 0 Å². The maximum Gasteiger partial charge on any atom is 0.387 e. The molecule has 0 aliphatic heterocycles. The highest BCUT2D eigenvalue weighted by molar-refractivity contribution is 5.78. The van der Waals surface area contributed by atoms with E-state index in [-0.39, 0.29) is 17.9 Å². The molecule has 0 spiro atoms. The van der Waals surface area contributed by atoms with Gasteiger partial charge in [-0.2, -0.15) is 8.78 Å². The van der Waals surface area contributed by atoms with Crippen molar-refractivity contribution in [1.82, 2.24) is 0 Å². The predicted octanol–water partition coefficient (Wildman–Crippen LogP) is 1.88. The first-order chi connectivity index (χ1) is 9.35. The summed E-state index contributed by atoms with van der Waals surface area (Å²) in [6, 6.07) is 1.78. The molecule has 1 aromatic rings. The molecule has 0 saturated carbocycles. The highest BCUT2D eigenvalue weighted by atomic mass is 19.3. The summed E-state index contributed by atoms with van der Waals surface area (Å²) in [4.78, 5) is 21.4. The van der Waals surface area contributed by atoms with Crippen LogP contribution in [-0.2, 0) is 16.0 Å². The van der Waals surface area contributed by atoms with Gasteiger partial charge in [0.1, 0.15) is 5.75 Å². The van der Waals surface area contributed by atoms with Gasteiger partial charge in [-0.15, -0.1) is 0 Å². The Bertz CT molecular complexity index is 522. The summed E-state index contributed by atoms with van der Waals surface area (Å²) in [5.41, 5.74) is 4.67. The summed E-state index contributed by atoms with van der Waals surface area (Å²) in [6.45, 7) is -1.45. The number of ether oxygens (including phenoxy) is 2. The number of nitrogen functional groups attached to an aromatic ring is 1. The van der Waals surface area contributed by atoms with E-state index >= 15 is 0 Å². The van der Waals surface area contributed by atoms with Crippen LogP contribution < -0.4 is 10.5 Å². The average molecular weight is 290 g/mol. The molecule has 0 fully saturated rings. The summed E-state index contributed by atoms with van der Waals surface area (Å²) in [6.07, 6.45) is -0.426. The zero-order valence-electron chi connectivity index (χ0n) is 10.5. The Morgan fingerprint density at radius 2 is 2.15 bits per heavy atom. The van der Waals surface area contributed by atoms with Crippen molar-refractivity contribution in [3.05, 3.63) is 27.8 Å². The number of carbonyl (C=O) groups excluding carboxylic acids is 1. The molecule has 2 N–H and O–H groups in total. The average Bonchev–Trinajstić information content (AvgIpc) is 2.31. The molecule has 7 nitrogen and oxygen atoms in total. The number of anilines is 1. The van der Waals surface area contributed by atoms with E-state index in [9.17, 15) is 23.7 Å². The molecule has 20 heavy (non-hydrogen) atoms. The number of nitrogens with zero attached hydrogens (tertiary/aromatic N) is 1. The summed E-state index contributed by atoms with van der Waals surface area (Å²) < 4.78 is 32.9. The maximum atomic E-state index is 12.1. The van der Waals surface area contributed by atoms with E-state index in [1.165, 1.54) is 0 Å².